The number of nitrogens with zero attached hydrogens (tertiary/aromatic N) is 1. The summed E-state index contributed by atoms with van der Waals surface area (Å²) in [6.07, 6.45) is 4.68. The first-order valence-corrected chi connectivity index (χ1v) is 10.6. The Kier molecular flexibility index (Phi) is 11.3. The summed E-state index contributed by atoms with van der Waals surface area (Å²) in [5.41, 5.74) is 12.0. The molecule has 1 heterocycles. The number of unbranched alkanes of at least 4 members (excludes halogenated alkanes) is 1. The summed E-state index contributed by atoms with van der Waals surface area (Å²) in [5, 5.41) is 16.9. The molecule has 1 aromatic rings. The highest BCUT2D eigenvalue weighted by Crippen LogP contribution is 2.05. The number of carboxylic acids is 1. The van der Waals surface area contributed by atoms with Crippen molar-refractivity contribution in [2.24, 2.45) is 17.4 Å². The van der Waals surface area contributed by atoms with Crippen LogP contribution in [-0.2, 0) is 25.6 Å². The monoisotopic (exact) mass is 453 g/mol. The number of hydrogen-bond donors (Lipinski definition) is 7. The van der Waals surface area contributed by atoms with Crippen molar-refractivity contribution < 1.29 is 24.3 Å². The fourth-order valence-electron chi connectivity index (χ4n) is 2.94. The van der Waals surface area contributed by atoms with Crippen molar-refractivity contribution in [3.8, 4) is 0 Å². The Morgan fingerprint density at radius 2 is 1.75 bits per heavy atom. The molecule has 0 bridgehead atoms. The van der Waals surface area contributed by atoms with E-state index in [1.807, 2.05) is 0 Å². The quantitative estimate of drug-likeness (QED) is 0.167. The molecule has 0 fully saturated rings. The molecule has 4 unspecified atom stereocenters. The highest BCUT2D eigenvalue weighted by Gasteiger charge is 2.30. The highest BCUT2D eigenvalue weighted by atomic mass is 16.4. The first-order chi connectivity index (χ1) is 15.1. The lowest BCUT2D eigenvalue weighted by atomic mass is 10.0. The molecule has 9 N–H and O–H groups in total. The summed E-state index contributed by atoms with van der Waals surface area (Å²) in [7, 11) is 0. The van der Waals surface area contributed by atoms with E-state index in [1.54, 1.807) is 20.0 Å². The lowest BCUT2D eigenvalue weighted by molar-refractivity contribution is -0.142. The van der Waals surface area contributed by atoms with Gasteiger partial charge in [-0.1, -0.05) is 13.8 Å². The summed E-state index contributed by atoms with van der Waals surface area (Å²) < 4.78 is 0. The van der Waals surface area contributed by atoms with E-state index in [-0.39, 0.29) is 18.8 Å². The van der Waals surface area contributed by atoms with E-state index in [2.05, 4.69) is 25.9 Å². The van der Waals surface area contributed by atoms with E-state index in [1.165, 1.54) is 13.3 Å². The summed E-state index contributed by atoms with van der Waals surface area (Å²) >= 11 is 0. The Hall–Kier alpha value is -2.99. The zero-order valence-corrected chi connectivity index (χ0v) is 18.8. The van der Waals surface area contributed by atoms with Crippen LogP contribution in [-0.4, -0.2) is 69.5 Å². The largest absolute Gasteiger partial charge is 0.480 e. The van der Waals surface area contributed by atoms with Gasteiger partial charge in [0, 0.05) is 18.3 Å². The average Bonchev–Trinajstić information content (AvgIpc) is 3.23. The van der Waals surface area contributed by atoms with Crippen molar-refractivity contribution >= 4 is 23.7 Å². The number of H-pyrrole nitrogens is 1. The SMILES string of the molecule is CC(NC(=O)C(NC(=O)C(N)Cc1cnc[nH]1)C(C)C)C(=O)NC(CCCCN)C(=O)O. The first kappa shape index (κ1) is 27.0. The predicted octanol–water partition coefficient (Wildman–Crippen LogP) is -1.38. The van der Waals surface area contributed by atoms with Crippen molar-refractivity contribution in [1.82, 2.24) is 25.9 Å². The third kappa shape index (κ3) is 9.02. The maximum Gasteiger partial charge on any atom is 0.326 e. The first-order valence-electron chi connectivity index (χ1n) is 10.6. The number of aromatic nitrogens is 2. The van der Waals surface area contributed by atoms with Crippen molar-refractivity contribution in [3.63, 3.8) is 0 Å². The summed E-state index contributed by atoms with van der Waals surface area (Å²) in [6.45, 7) is 5.36. The molecule has 32 heavy (non-hydrogen) atoms. The van der Waals surface area contributed by atoms with Gasteiger partial charge in [0.1, 0.15) is 18.1 Å². The Balaban J connectivity index is 2.66. The van der Waals surface area contributed by atoms with Gasteiger partial charge in [0.05, 0.1) is 12.4 Å². The van der Waals surface area contributed by atoms with Gasteiger partial charge in [-0.25, -0.2) is 9.78 Å². The average molecular weight is 454 g/mol. The van der Waals surface area contributed by atoms with Crippen LogP contribution >= 0.6 is 0 Å². The molecular weight excluding hydrogens is 418 g/mol. The molecule has 12 heteroatoms. The van der Waals surface area contributed by atoms with Crippen molar-refractivity contribution in [2.45, 2.75) is 70.6 Å². The molecule has 0 saturated carbocycles. The number of amides is 3. The van der Waals surface area contributed by atoms with Crippen LogP contribution in [0.25, 0.3) is 0 Å². The van der Waals surface area contributed by atoms with E-state index >= 15 is 0 Å². The second kappa shape index (κ2) is 13.4. The number of nitrogens with one attached hydrogen (secondary N) is 4. The van der Waals surface area contributed by atoms with Gasteiger partial charge in [-0.3, -0.25) is 14.4 Å². The molecule has 0 aliphatic heterocycles. The molecule has 180 valence electrons. The summed E-state index contributed by atoms with van der Waals surface area (Å²) in [6, 6.07) is -3.90. The van der Waals surface area contributed by atoms with Gasteiger partial charge in [-0.2, -0.15) is 0 Å². The molecular formula is C20H35N7O5. The molecule has 3 amide bonds. The summed E-state index contributed by atoms with van der Waals surface area (Å²) in [5.74, 6) is -3.16. The number of rotatable bonds is 14. The number of carbonyl (C=O) groups excluding carboxylic acids is 3. The minimum absolute atomic E-state index is 0.220. The second-order valence-electron chi connectivity index (χ2n) is 8.03. The zero-order valence-electron chi connectivity index (χ0n) is 18.8. The van der Waals surface area contributed by atoms with Crippen molar-refractivity contribution in [3.05, 3.63) is 18.2 Å². The Labute approximate surface area is 187 Å². The molecule has 0 aliphatic rings. The van der Waals surface area contributed by atoms with Crippen LogP contribution in [0.1, 0.15) is 45.7 Å². The van der Waals surface area contributed by atoms with Gasteiger partial charge >= 0.3 is 5.97 Å². The maximum absolute atomic E-state index is 12.7. The zero-order chi connectivity index (χ0) is 24.3. The van der Waals surface area contributed by atoms with E-state index in [0.29, 0.717) is 25.1 Å². The Morgan fingerprint density at radius 3 is 2.28 bits per heavy atom. The normalized spacial score (nSPS) is 14.8. The van der Waals surface area contributed by atoms with Gasteiger partial charge < -0.3 is 37.5 Å². The standard InChI is InChI=1S/C20H35N7O5/c1-11(2)16(27-18(29)14(22)8-13-9-23-10-24-13)19(30)25-12(3)17(28)26-15(20(31)32)6-4-5-7-21/h9-12,14-16H,4-8,21-22H2,1-3H3,(H,23,24)(H,25,30)(H,26,28)(H,27,29)(H,31,32). The van der Waals surface area contributed by atoms with Crippen LogP contribution in [0.2, 0.25) is 0 Å². The minimum atomic E-state index is -1.16. The fourth-order valence-corrected chi connectivity index (χ4v) is 2.94. The van der Waals surface area contributed by atoms with E-state index in [9.17, 15) is 24.3 Å². The minimum Gasteiger partial charge on any atom is -0.480 e. The molecule has 4 atom stereocenters. The number of aliphatic carboxylic acids is 1. The van der Waals surface area contributed by atoms with Crippen molar-refractivity contribution in [2.75, 3.05) is 6.54 Å². The Bertz CT molecular complexity index is 754. The molecule has 0 spiro atoms. The topological polar surface area (TPSA) is 205 Å². The maximum atomic E-state index is 12.7. The fraction of sp³-hybridized carbons (Fsp3) is 0.650. The number of hydrogen-bond acceptors (Lipinski definition) is 7. The second-order valence-corrected chi connectivity index (χ2v) is 8.03. The van der Waals surface area contributed by atoms with Gasteiger partial charge in [0.25, 0.3) is 0 Å². The van der Waals surface area contributed by atoms with Crippen LogP contribution in [0.3, 0.4) is 0 Å². The number of aromatic amines is 1. The molecule has 1 aromatic heterocycles. The van der Waals surface area contributed by atoms with Crippen LogP contribution in [0.4, 0.5) is 0 Å². The number of carboxylic acid groups (broad SMARTS) is 1. The van der Waals surface area contributed by atoms with Gasteiger partial charge in [-0.15, -0.1) is 0 Å². The van der Waals surface area contributed by atoms with Crippen LogP contribution in [0, 0.1) is 5.92 Å². The van der Waals surface area contributed by atoms with Crippen molar-refractivity contribution in [1.29, 1.82) is 0 Å². The predicted molar refractivity (Wildman–Crippen MR) is 117 cm³/mol. The number of nitrogens with two attached hydrogens (primary N) is 2. The smallest absolute Gasteiger partial charge is 0.326 e. The van der Waals surface area contributed by atoms with Crippen LogP contribution in [0.15, 0.2) is 12.5 Å². The molecule has 0 saturated heterocycles. The summed E-state index contributed by atoms with van der Waals surface area (Å²) in [4.78, 5) is 55.7. The van der Waals surface area contributed by atoms with Crippen LogP contribution < -0.4 is 27.4 Å². The lowest BCUT2D eigenvalue weighted by Crippen LogP contribution is -2.57. The van der Waals surface area contributed by atoms with Gasteiger partial charge in [0.2, 0.25) is 17.7 Å². The molecule has 0 radical (unpaired) electrons. The Morgan fingerprint density at radius 1 is 1.06 bits per heavy atom. The molecule has 12 nitrogen and oxygen atoms in total. The molecule has 1 rings (SSSR count). The van der Waals surface area contributed by atoms with Gasteiger partial charge in [0.15, 0.2) is 0 Å². The van der Waals surface area contributed by atoms with Crippen LogP contribution in [0.5, 0.6) is 0 Å². The van der Waals surface area contributed by atoms with E-state index in [0.717, 1.165) is 0 Å². The van der Waals surface area contributed by atoms with Gasteiger partial charge in [-0.05, 0) is 38.6 Å². The molecule has 0 aromatic carbocycles. The third-order valence-corrected chi connectivity index (χ3v) is 4.89. The lowest BCUT2D eigenvalue weighted by Gasteiger charge is -2.25. The molecule has 0 aliphatic carbocycles. The number of imidazole rings is 1. The van der Waals surface area contributed by atoms with E-state index < -0.39 is 47.9 Å². The highest BCUT2D eigenvalue weighted by molar-refractivity contribution is 5.94. The third-order valence-electron chi connectivity index (χ3n) is 4.89. The number of carbonyl (C=O) groups is 4. The van der Waals surface area contributed by atoms with E-state index in [4.69, 9.17) is 11.5 Å².